The van der Waals surface area contributed by atoms with Crippen molar-refractivity contribution in [2.45, 2.75) is 51.9 Å². The lowest BCUT2D eigenvalue weighted by atomic mass is 9.83. The molecule has 1 aromatic heterocycles. The number of benzene rings is 1. The van der Waals surface area contributed by atoms with E-state index in [1.807, 2.05) is 0 Å². The van der Waals surface area contributed by atoms with Crippen LogP contribution in [0.1, 0.15) is 46.0 Å². The highest BCUT2D eigenvalue weighted by atomic mass is 79.9. The number of halogens is 1. The van der Waals surface area contributed by atoms with Gasteiger partial charge in [0.1, 0.15) is 5.82 Å². The van der Waals surface area contributed by atoms with Gasteiger partial charge in [0, 0.05) is 12.1 Å². The van der Waals surface area contributed by atoms with E-state index < -0.39 is 0 Å². The molecule has 0 atom stereocenters. The van der Waals surface area contributed by atoms with Gasteiger partial charge >= 0.3 is 0 Å². The molecule has 0 unspecified atom stereocenters. The maximum Gasteiger partial charge on any atom is 0.164 e. The van der Waals surface area contributed by atoms with Crippen LogP contribution in [0.5, 0.6) is 0 Å². The molecule has 1 heterocycles. The third-order valence-electron chi connectivity index (χ3n) is 3.47. The summed E-state index contributed by atoms with van der Waals surface area (Å²) in [6.07, 6.45) is 0. The average molecular weight is 350 g/mol. The second-order valence-electron chi connectivity index (χ2n) is 6.87. The maximum absolute atomic E-state index is 4.47. The normalized spacial score (nSPS) is 12.1. The number of hydrogen-bond acceptors (Lipinski definition) is 2. The smallest absolute Gasteiger partial charge is 0.164 e. The summed E-state index contributed by atoms with van der Waals surface area (Å²) in [5.41, 5.74) is 2.58. The van der Waals surface area contributed by atoms with E-state index in [0.29, 0.717) is 5.92 Å². The van der Waals surface area contributed by atoms with Crippen molar-refractivity contribution in [3.05, 3.63) is 35.7 Å². The quantitative estimate of drug-likeness (QED) is 0.742. The number of rotatable bonds is 4. The molecule has 3 nitrogen and oxygen atoms in total. The first-order valence-corrected chi connectivity index (χ1v) is 8.54. The van der Waals surface area contributed by atoms with Gasteiger partial charge in [-0.3, -0.25) is 0 Å². The van der Waals surface area contributed by atoms with Crippen LogP contribution in [0.2, 0.25) is 0 Å². The number of alkyl halides is 1. The molecule has 0 aliphatic rings. The van der Waals surface area contributed by atoms with E-state index in [1.54, 1.807) is 0 Å². The van der Waals surface area contributed by atoms with Gasteiger partial charge in [0.2, 0.25) is 0 Å². The Balaban J connectivity index is 2.60. The molecule has 0 saturated carbocycles. The molecule has 21 heavy (non-hydrogen) atoms. The monoisotopic (exact) mass is 349 g/mol. The van der Waals surface area contributed by atoms with Crippen LogP contribution in [0.3, 0.4) is 0 Å². The van der Waals surface area contributed by atoms with Crippen molar-refractivity contribution in [3.63, 3.8) is 0 Å². The molecule has 2 rings (SSSR count). The van der Waals surface area contributed by atoms with Crippen LogP contribution in [0, 0.1) is 5.92 Å². The molecule has 0 bridgehead atoms. The molecule has 1 aromatic carbocycles. The topological polar surface area (TPSA) is 30.7 Å². The second-order valence-corrected chi connectivity index (χ2v) is 7.43. The minimum atomic E-state index is 0.0831. The van der Waals surface area contributed by atoms with Gasteiger partial charge in [-0.1, -0.05) is 74.8 Å². The van der Waals surface area contributed by atoms with Crippen LogP contribution in [0.4, 0.5) is 0 Å². The first-order valence-electron chi connectivity index (χ1n) is 7.42. The van der Waals surface area contributed by atoms with E-state index in [-0.39, 0.29) is 5.41 Å². The summed E-state index contributed by atoms with van der Waals surface area (Å²) in [5, 5.41) is 9.55. The Morgan fingerprint density at radius 2 is 1.81 bits per heavy atom. The van der Waals surface area contributed by atoms with Crippen molar-refractivity contribution in [1.82, 2.24) is 14.8 Å². The molecule has 0 radical (unpaired) electrons. The van der Waals surface area contributed by atoms with Crippen molar-refractivity contribution >= 4 is 15.9 Å². The van der Waals surface area contributed by atoms with Crippen molar-refractivity contribution < 1.29 is 0 Å². The van der Waals surface area contributed by atoms with E-state index >= 15 is 0 Å². The van der Waals surface area contributed by atoms with Crippen LogP contribution in [-0.4, -0.2) is 14.8 Å². The van der Waals surface area contributed by atoms with Crippen molar-refractivity contribution in [2.24, 2.45) is 5.92 Å². The zero-order valence-electron chi connectivity index (χ0n) is 13.5. The van der Waals surface area contributed by atoms with Gasteiger partial charge in [0.25, 0.3) is 0 Å². The number of nitrogens with zero attached hydrogens (tertiary/aromatic N) is 3. The molecule has 0 spiro atoms. The minimum absolute atomic E-state index is 0.0831. The third-order valence-corrected chi connectivity index (χ3v) is 3.97. The van der Waals surface area contributed by atoms with Crippen molar-refractivity contribution in [1.29, 1.82) is 0 Å². The second kappa shape index (κ2) is 6.30. The summed E-state index contributed by atoms with van der Waals surface area (Å²) in [5.74, 6) is 2.52. The highest BCUT2D eigenvalue weighted by Crippen LogP contribution is 2.32. The SMILES string of the molecule is CC(C)Cn1c(CBr)nnc1-c1ccccc1C(C)(C)C. The third kappa shape index (κ3) is 3.54. The molecule has 0 fully saturated rings. The van der Waals surface area contributed by atoms with Gasteiger partial charge in [-0.05, 0) is 16.9 Å². The average Bonchev–Trinajstić information content (AvgIpc) is 2.79. The van der Waals surface area contributed by atoms with Gasteiger partial charge in [0.15, 0.2) is 5.82 Å². The van der Waals surface area contributed by atoms with Gasteiger partial charge in [-0.15, -0.1) is 10.2 Å². The molecule has 0 aliphatic carbocycles. The van der Waals surface area contributed by atoms with E-state index in [9.17, 15) is 0 Å². The fraction of sp³-hybridized carbons (Fsp3) is 0.529. The first kappa shape index (κ1) is 16.2. The lowest BCUT2D eigenvalue weighted by Crippen LogP contribution is -2.15. The summed E-state index contributed by atoms with van der Waals surface area (Å²) in [6.45, 7) is 12.1. The van der Waals surface area contributed by atoms with Crippen LogP contribution >= 0.6 is 15.9 Å². The zero-order valence-corrected chi connectivity index (χ0v) is 15.1. The molecular weight excluding hydrogens is 326 g/mol. The predicted molar refractivity (Wildman–Crippen MR) is 91.6 cm³/mol. The number of aromatic nitrogens is 3. The number of hydrogen-bond donors (Lipinski definition) is 0. The summed E-state index contributed by atoms with van der Waals surface area (Å²) in [6, 6.07) is 8.52. The molecule has 0 aliphatic heterocycles. The molecule has 0 saturated heterocycles. The Morgan fingerprint density at radius 1 is 1.14 bits per heavy atom. The lowest BCUT2D eigenvalue weighted by Gasteiger charge is -2.23. The largest absolute Gasteiger partial charge is 0.310 e. The van der Waals surface area contributed by atoms with Crippen molar-refractivity contribution in [2.75, 3.05) is 0 Å². The highest BCUT2D eigenvalue weighted by Gasteiger charge is 2.22. The molecule has 2 aromatic rings. The molecule has 114 valence electrons. The maximum atomic E-state index is 4.47. The zero-order chi connectivity index (χ0) is 15.6. The summed E-state index contributed by atoms with van der Waals surface area (Å²) in [4.78, 5) is 0. The standard InChI is InChI=1S/C17H24BrN3/c1-12(2)11-21-15(10-18)19-20-16(21)13-8-6-7-9-14(13)17(3,4)5/h6-9,12H,10-11H2,1-5H3. The van der Waals surface area contributed by atoms with Gasteiger partial charge in [0.05, 0.1) is 5.33 Å². The lowest BCUT2D eigenvalue weighted by molar-refractivity contribution is 0.515. The van der Waals surface area contributed by atoms with E-state index in [2.05, 4.69) is 89.6 Å². The van der Waals surface area contributed by atoms with E-state index in [4.69, 9.17) is 0 Å². The van der Waals surface area contributed by atoms with Crippen LogP contribution in [0.15, 0.2) is 24.3 Å². The Hall–Kier alpha value is -1.16. The highest BCUT2D eigenvalue weighted by molar-refractivity contribution is 9.08. The van der Waals surface area contributed by atoms with Gasteiger partial charge in [-0.25, -0.2) is 0 Å². The van der Waals surface area contributed by atoms with E-state index in [0.717, 1.165) is 23.5 Å². The Morgan fingerprint density at radius 3 is 2.38 bits per heavy atom. The van der Waals surface area contributed by atoms with Gasteiger partial charge in [-0.2, -0.15) is 0 Å². The van der Waals surface area contributed by atoms with Crippen LogP contribution in [-0.2, 0) is 17.3 Å². The van der Waals surface area contributed by atoms with Crippen LogP contribution in [0.25, 0.3) is 11.4 Å². The Bertz CT molecular complexity index is 609. The van der Waals surface area contributed by atoms with Crippen molar-refractivity contribution in [3.8, 4) is 11.4 Å². The molecule has 4 heteroatoms. The molecule has 0 N–H and O–H groups in total. The summed E-state index contributed by atoms with van der Waals surface area (Å²) in [7, 11) is 0. The predicted octanol–water partition coefficient (Wildman–Crippen LogP) is 4.79. The van der Waals surface area contributed by atoms with Crippen LogP contribution < -0.4 is 0 Å². The Kier molecular flexibility index (Phi) is 4.87. The summed E-state index contributed by atoms with van der Waals surface area (Å²) >= 11 is 3.52. The van der Waals surface area contributed by atoms with Gasteiger partial charge < -0.3 is 4.57 Å². The minimum Gasteiger partial charge on any atom is -0.310 e. The molecule has 0 amide bonds. The fourth-order valence-corrected chi connectivity index (χ4v) is 2.94. The Labute approximate surface area is 135 Å². The first-order chi connectivity index (χ1) is 9.84. The summed E-state index contributed by atoms with van der Waals surface area (Å²) < 4.78 is 2.24. The fourth-order valence-electron chi connectivity index (χ4n) is 2.52. The molecular formula is C17H24BrN3. The van der Waals surface area contributed by atoms with E-state index in [1.165, 1.54) is 11.1 Å².